The van der Waals surface area contributed by atoms with Gasteiger partial charge in [-0.25, -0.2) is 0 Å². The van der Waals surface area contributed by atoms with Crippen LogP contribution < -0.4 is 5.32 Å². The van der Waals surface area contributed by atoms with Gasteiger partial charge in [0.15, 0.2) is 0 Å². The Morgan fingerprint density at radius 1 is 1.32 bits per heavy atom. The smallest absolute Gasteiger partial charge is 0.240 e. The summed E-state index contributed by atoms with van der Waals surface area (Å²) < 4.78 is 0. The van der Waals surface area contributed by atoms with Gasteiger partial charge >= 0.3 is 0 Å². The normalized spacial score (nSPS) is 31.2. The minimum Gasteiger partial charge on any atom is -0.325 e. The van der Waals surface area contributed by atoms with E-state index in [-0.39, 0.29) is 17.6 Å². The molecule has 3 atom stereocenters. The first kappa shape index (κ1) is 14.8. The Balaban J connectivity index is 2.07. The molecule has 1 aliphatic heterocycles. The lowest BCUT2D eigenvalue weighted by molar-refractivity contribution is -0.131. The molecule has 1 aliphatic carbocycles. The maximum atomic E-state index is 12.4. The van der Waals surface area contributed by atoms with Crippen LogP contribution in [0.4, 0.5) is 0 Å². The zero-order chi connectivity index (χ0) is 14.2. The predicted octanol–water partition coefficient (Wildman–Crippen LogP) is 3.01. The Morgan fingerprint density at radius 3 is 2.42 bits per heavy atom. The van der Waals surface area contributed by atoms with Crippen LogP contribution in [0.25, 0.3) is 0 Å². The average molecular weight is 266 g/mol. The highest BCUT2D eigenvalue weighted by Crippen LogP contribution is 2.34. The van der Waals surface area contributed by atoms with Crippen molar-refractivity contribution in [2.45, 2.75) is 72.5 Å². The molecule has 1 heterocycles. The standard InChI is InChI=1S/C16H30N2O/c1-11(16(3,4)5)10-18-14(13-8-6-7-9-13)17-12(2)15(18)19/h11-14,17H,6-10H2,1-5H3. The molecule has 3 nitrogen and oxygen atoms in total. The lowest BCUT2D eigenvalue weighted by atomic mass is 9.81. The monoisotopic (exact) mass is 266 g/mol. The van der Waals surface area contributed by atoms with Crippen molar-refractivity contribution < 1.29 is 4.79 Å². The van der Waals surface area contributed by atoms with Crippen molar-refractivity contribution in [3.8, 4) is 0 Å². The lowest BCUT2D eigenvalue weighted by Gasteiger charge is -2.35. The fourth-order valence-electron chi connectivity index (χ4n) is 3.24. The highest BCUT2D eigenvalue weighted by Gasteiger charge is 2.42. The van der Waals surface area contributed by atoms with Crippen molar-refractivity contribution in [1.29, 1.82) is 0 Å². The van der Waals surface area contributed by atoms with Gasteiger partial charge in [0.1, 0.15) is 0 Å². The van der Waals surface area contributed by atoms with Crippen LogP contribution in [0.15, 0.2) is 0 Å². The number of nitrogens with one attached hydrogen (secondary N) is 1. The van der Waals surface area contributed by atoms with Gasteiger partial charge in [0, 0.05) is 6.54 Å². The van der Waals surface area contributed by atoms with Gasteiger partial charge in [-0.05, 0) is 37.0 Å². The number of rotatable bonds is 3. The predicted molar refractivity (Wildman–Crippen MR) is 78.7 cm³/mol. The second-order valence-corrected chi connectivity index (χ2v) is 7.64. The third kappa shape index (κ3) is 3.13. The Labute approximate surface area is 118 Å². The highest BCUT2D eigenvalue weighted by atomic mass is 16.2. The minimum absolute atomic E-state index is 0.00207. The molecule has 110 valence electrons. The van der Waals surface area contributed by atoms with Crippen molar-refractivity contribution >= 4 is 5.91 Å². The summed E-state index contributed by atoms with van der Waals surface area (Å²) in [5.41, 5.74) is 0.256. The molecule has 1 amide bonds. The Bertz CT molecular complexity index is 328. The summed E-state index contributed by atoms with van der Waals surface area (Å²) in [7, 11) is 0. The summed E-state index contributed by atoms with van der Waals surface area (Å²) in [6.07, 6.45) is 5.49. The molecule has 0 bridgehead atoms. The van der Waals surface area contributed by atoms with E-state index < -0.39 is 0 Å². The summed E-state index contributed by atoms with van der Waals surface area (Å²) in [4.78, 5) is 14.5. The molecule has 0 radical (unpaired) electrons. The van der Waals surface area contributed by atoms with Crippen LogP contribution in [0.2, 0.25) is 0 Å². The van der Waals surface area contributed by atoms with Crippen LogP contribution in [0, 0.1) is 17.3 Å². The Morgan fingerprint density at radius 2 is 1.89 bits per heavy atom. The first-order valence-corrected chi connectivity index (χ1v) is 7.87. The number of amides is 1. The molecule has 1 saturated carbocycles. The Kier molecular flexibility index (Phi) is 4.24. The number of hydrogen-bond donors (Lipinski definition) is 1. The Hall–Kier alpha value is -0.570. The topological polar surface area (TPSA) is 32.3 Å². The van der Waals surface area contributed by atoms with Crippen molar-refractivity contribution in [2.24, 2.45) is 17.3 Å². The van der Waals surface area contributed by atoms with E-state index in [9.17, 15) is 4.79 Å². The van der Waals surface area contributed by atoms with Crippen LogP contribution in [0.3, 0.4) is 0 Å². The van der Waals surface area contributed by atoms with E-state index >= 15 is 0 Å². The van der Waals surface area contributed by atoms with E-state index in [2.05, 4.69) is 37.9 Å². The number of nitrogens with zero attached hydrogens (tertiary/aromatic N) is 1. The maximum Gasteiger partial charge on any atom is 0.240 e. The molecule has 0 aromatic rings. The highest BCUT2D eigenvalue weighted by molar-refractivity contribution is 5.84. The van der Waals surface area contributed by atoms with Gasteiger partial charge in [0.05, 0.1) is 12.2 Å². The molecule has 0 aromatic heterocycles. The first-order valence-electron chi connectivity index (χ1n) is 7.87. The van der Waals surface area contributed by atoms with Gasteiger partial charge < -0.3 is 4.90 Å². The summed E-state index contributed by atoms with van der Waals surface area (Å²) in [6.45, 7) is 12.0. The maximum absolute atomic E-state index is 12.4. The number of hydrogen-bond acceptors (Lipinski definition) is 2. The zero-order valence-corrected chi connectivity index (χ0v) is 13.2. The van der Waals surface area contributed by atoms with Crippen molar-refractivity contribution in [3.05, 3.63) is 0 Å². The van der Waals surface area contributed by atoms with Crippen LogP contribution in [0.1, 0.15) is 60.3 Å². The fourth-order valence-corrected chi connectivity index (χ4v) is 3.24. The molecular formula is C16H30N2O. The number of carbonyl (C=O) groups is 1. The van der Waals surface area contributed by atoms with E-state index in [1.165, 1.54) is 25.7 Å². The molecular weight excluding hydrogens is 236 g/mol. The molecule has 2 fully saturated rings. The molecule has 0 aromatic carbocycles. The second kappa shape index (κ2) is 5.43. The second-order valence-electron chi connectivity index (χ2n) is 7.64. The van der Waals surface area contributed by atoms with Crippen molar-refractivity contribution in [1.82, 2.24) is 10.2 Å². The van der Waals surface area contributed by atoms with Gasteiger partial charge in [-0.2, -0.15) is 0 Å². The van der Waals surface area contributed by atoms with Crippen molar-refractivity contribution in [3.63, 3.8) is 0 Å². The van der Waals surface area contributed by atoms with Crippen LogP contribution >= 0.6 is 0 Å². The zero-order valence-electron chi connectivity index (χ0n) is 13.2. The van der Waals surface area contributed by atoms with E-state index in [1.54, 1.807) is 0 Å². The molecule has 19 heavy (non-hydrogen) atoms. The summed E-state index contributed by atoms with van der Waals surface area (Å²) in [5, 5.41) is 3.53. The average Bonchev–Trinajstić information content (AvgIpc) is 2.91. The van der Waals surface area contributed by atoms with Crippen LogP contribution in [0.5, 0.6) is 0 Å². The molecule has 1 N–H and O–H groups in total. The van der Waals surface area contributed by atoms with Gasteiger partial charge in [0.25, 0.3) is 0 Å². The molecule has 2 rings (SSSR count). The quantitative estimate of drug-likeness (QED) is 0.851. The van der Waals surface area contributed by atoms with E-state index in [1.807, 2.05) is 6.92 Å². The van der Waals surface area contributed by atoms with Gasteiger partial charge in [-0.3, -0.25) is 10.1 Å². The molecule has 2 aliphatic rings. The van der Waals surface area contributed by atoms with E-state index in [0.717, 1.165) is 6.54 Å². The molecule has 3 unspecified atom stereocenters. The number of carbonyl (C=O) groups excluding carboxylic acids is 1. The SMILES string of the molecule is CC1NC(C2CCCC2)N(CC(C)C(C)(C)C)C1=O. The third-order valence-electron chi connectivity index (χ3n) is 5.21. The molecule has 1 saturated heterocycles. The fraction of sp³-hybridized carbons (Fsp3) is 0.938. The molecule has 0 spiro atoms. The molecule has 3 heteroatoms. The van der Waals surface area contributed by atoms with Crippen LogP contribution in [-0.2, 0) is 4.79 Å². The minimum atomic E-state index is -0.00207. The summed E-state index contributed by atoms with van der Waals surface area (Å²) >= 11 is 0. The van der Waals surface area contributed by atoms with Gasteiger partial charge in [0.2, 0.25) is 5.91 Å². The van der Waals surface area contributed by atoms with Gasteiger partial charge in [-0.15, -0.1) is 0 Å². The largest absolute Gasteiger partial charge is 0.325 e. The summed E-state index contributed by atoms with van der Waals surface area (Å²) in [5.74, 6) is 1.49. The van der Waals surface area contributed by atoms with Crippen LogP contribution in [-0.4, -0.2) is 29.6 Å². The van der Waals surface area contributed by atoms with Crippen molar-refractivity contribution in [2.75, 3.05) is 6.54 Å². The third-order valence-corrected chi connectivity index (χ3v) is 5.21. The van der Waals surface area contributed by atoms with Gasteiger partial charge in [-0.1, -0.05) is 40.5 Å². The van der Waals surface area contributed by atoms with E-state index in [4.69, 9.17) is 0 Å². The summed E-state index contributed by atoms with van der Waals surface area (Å²) in [6, 6.07) is -0.00207. The lowest BCUT2D eigenvalue weighted by Crippen LogP contribution is -2.45. The first-order chi connectivity index (χ1) is 8.80. The van der Waals surface area contributed by atoms with E-state index in [0.29, 0.717) is 17.7 Å².